The summed E-state index contributed by atoms with van der Waals surface area (Å²) in [6.07, 6.45) is 2.76. The van der Waals surface area contributed by atoms with Gasteiger partial charge in [-0.1, -0.05) is 12.1 Å². The number of aryl methyl sites for hydroxylation is 1. The zero-order valence-corrected chi connectivity index (χ0v) is 17.9. The smallest absolute Gasteiger partial charge is 0.290 e. The fourth-order valence-electron chi connectivity index (χ4n) is 3.44. The van der Waals surface area contributed by atoms with Crippen LogP contribution in [0.3, 0.4) is 0 Å². The quantitative estimate of drug-likeness (QED) is 0.567. The predicted molar refractivity (Wildman–Crippen MR) is 117 cm³/mol. The summed E-state index contributed by atoms with van der Waals surface area (Å²) in [5.41, 5.74) is 2.33. The molecule has 0 amide bonds. The van der Waals surface area contributed by atoms with E-state index in [4.69, 9.17) is 14.2 Å². The van der Waals surface area contributed by atoms with Crippen LogP contribution in [-0.4, -0.2) is 35.6 Å². The first-order valence-electron chi connectivity index (χ1n) is 10.1. The first kappa shape index (κ1) is 20.7. The highest BCUT2D eigenvalue weighted by Gasteiger charge is 2.40. The predicted octanol–water partition coefficient (Wildman–Crippen LogP) is 2.99. The monoisotopic (exact) mass is 422 g/mol. The second-order valence-corrected chi connectivity index (χ2v) is 7.56. The van der Waals surface area contributed by atoms with Gasteiger partial charge in [-0.2, -0.15) is 0 Å². The number of nitrogens with zero attached hydrogens (tertiary/aromatic N) is 3. The van der Waals surface area contributed by atoms with Crippen molar-refractivity contribution in [2.75, 3.05) is 26.1 Å². The number of benzene rings is 1. The number of aromatic nitrogens is 3. The minimum atomic E-state index is -0.201. The fraction of sp³-hybridized carbons (Fsp3) is 0.348. The largest absolute Gasteiger partial charge is 0.497 e. The molecule has 1 aromatic carbocycles. The Labute approximate surface area is 180 Å². The molecule has 0 bridgehead atoms. The van der Waals surface area contributed by atoms with Crippen LogP contribution in [0.25, 0.3) is 0 Å². The number of methoxy groups -OCH3 is 2. The summed E-state index contributed by atoms with van der Waals surface area (Å²) in [5.74, 6) is 2.73. The maximum Gasteiger partial charge on any atom is 0.290 e. The molecule has 31 heavy (non-hydrogen) atoms. The zero-order chi connectivity index (χ0) is 21.8. The molecule has 2 unspecified atom stereocenters. The number of hydrogen-bond acceptors (Lipinski definition) is 7. The summed E-state index contributed by atoms with van der Waals surface area (Å²) in [7, 11) is 4.88. The number of hydrogen-bond donors (Lipinski definition) is 1. The second kappa shape index (κ2) is 9.07. The highest BCUT2D eigenvalue weighted by atomic mass is 16.5. The van der Waals surface area contributed by atoms with Crippen LogP contribution in [0.2, 0.25) is 0 Å². The Morgan fingerprint density at radius 1 is 1.10 bits per heavy atom. The van der Waals surface area contributed by atoms with Crippen LogP contribution in [0.5, 0.6) is 17.4 Å². The summed E-state index contributed by atoms with van der Waals surface area (Å²) in [4.78, 5) is 16.9. The number of rotatable bonds is 9. The van der Waals surface area contributed by atoms with Crippen molar-refractivity contribution in [2.24, 2.45) is 13.0 Å². The summed E-state index contributed by atoms with van der Waals surface area (Å²) in [6.45, 7) is 1.04. The van der Waals surface area contributed by atoms with Gasteiger partial charge in [0.15, 0.2) is 0 Å². The lowest BCUT2D eigenvalue weighted by Gasteiger charge is -2.11. The molecule has 1 saturated carbocycles. The van der Waals surface area contributed by atoms with E-state index in [-0.39, 0.29) is 5.56 Å². The van der Waals surface area contributed by atoms with Crippen molar-refractivity contribution in [1.82, 2.24) is 14.8 Å². The topological polar surface area (TPSA) is 87.5 Å². The average molecular weight is 422 g/mol. The summed E-state index contributed by atoms with van der Waals surface area (Å²) >= 11 is 0. The highest BCUT2D eigenvalue weighted by molar-refractivity contribution is 5.44. The van der Waals surface area contributed by atoms with E-state index in [2.05, 4.69) is 15.4 Å². The van der Waals surface area contributed by atoms with E-state index in [9.17, 15) is 4.79 Å². The molecule has 0 radical (unpaired) electrons. The van der Waals surface area contributed by atoms with Gasteiger partial charge in [-0.15, -0.1) is 5.10 Å². The van der Waals surface area contributed by atoms with E-state index in [1.807, 2.05) is 36.4 Å². The molecule has 1 aliphatic carbocycles. The van der Waals surface area contributed by atoms with Crippen LogP contribution in [0.15, 0.2) is 53.5 Å². The van der Waals surface area contributed by atoms with Crippen molar-refractivity contribution in [3.8, 4) is 17.4 Å². The van der Waals surface area contributed by atoms with Crippen molar-refractivity contribution in [1.29, 1.82) is 0 Å². The van der Waals surface area contributed by atoms with Gasteiger partial charge in [-0.25, -0.2) is 4.68 Å². The van der Waals surface area contributed by atoms with Gasteiger partial charge in [-0.05, 0) is 36.2 Å². The van der Waals surface area contributed by atoms with Crippen molar-refractivity contribution >= 4 is 5.69 Å². The Kier molecular flexibility index (Phi) is 6.06. The number of pyridine rings is 1. The van der Waals surface area contributed by atoms with Gasteiger partial charge in [-0.3, -0.25) is 9.78 Å². The molecule has 4 rings (SSSR count). The summed E-state index contributed by atoms with van der Waals surface area (Å²) in [6, 6.07) is 13.3. The van der Waals surface area contributed by atoms with Gasteiger partial charge in [0, 0.05) is 37.2 Å². The highest BCUT2D eigenvalue weighted by Crippen LogP contribution is 2.46. The standard InChI is InChI=1S/C23H26N4O4/c1-27-23(28)21(24-12-15-4-6-17(29-2)7-5-15)11-22(26-27)31-14-16-10-19(16)20-9-8-18(30-3)13-25-20/h4-9,11,13,16,19,24H,10,12,14H2,1-3H3. The second-order valence-electron chi connectivity index (χ2n) is 7.56. The number of anilines is 1. The lowest BCUT2D eigenvalue weighted by Crippen LogP contribution is -2.24. The molecule has 2 atom stereocenters. The third kappa shape index (κ3) is 4.96. The molecule has 2 heterocycles. The Balaban J connectivity index is 1.35. The van der Waals surface area contributed by atoms with Crippen LogP contribution in [-0.2, 0) is 13.6 Å². The Hall–Kier alpha value is -3.55. The molecular weight excluding hydrogens is 396 g/mol. The minimum absolute atomic E-state index is 0.201. The van der Waals surface area contributed by atoms with Crippen molar-refractivity contribution in [3.05, 3.63) is 70.3 Å². The molecule has 1 fully saturated rings. The summed E-state index contributed by atoms with van der Waals surface area (Å²) < 4.78 is 17.5. The van der Waals surface area contributed by atoms with Crippen LogP contribution < -0.4 is 25.1 Å². The van der Waals surface area contributed by atoms with Crippen LogP contribution in [0, 0.1) is 5.92 Å². The Morgan fingerprint density at radius 3 is 2.52 bits per heavy atom. The van der Waals surface area contributed by atoms with Gasteiger partial charge >= 0.3 is 0 Å². The molecule has 8 heteroatoms. The fourth-order valence-corrected chi connectivity index (χ4v) is 3.44. The van der Waals surface area contributed by atoms with Crippen molar-refractivity contribution in [3.63, 3.8) is 0 Å². The molecule has 8 nitrogen and oxygen atoms in total. The maximum atomic E-state index is 12.4. The van der Waals surface area contributed by atoms with Gasteiger partial charge in [0.05, 0.1) is 27.0 Å². The molecule has 0 saturated heterocycles. The van der Waals surface area contributed by atoms with Gasteiger partial charge in [0.2, 0.25) is 5.88 Å². The number of ether oxygens (including phenoxy) is 3. The van der Waals surface area contributed by atoms with E-state index in [0.717, 1.165) is 29.2 Å². The SMILES string of the molecule is COc1ccc(CNc2cc(OCC3CC3c3ccc(OC)cn3)nn(C)c2=O)cc1. The van der Waals surface area contributed by atoms with Gasteiger partial charge in [0.25, 0.3) is 5.56 Å². The third-order valence-electron chi connectivity index (χ3n) is 5.43. The molecule has 0 aliphatic heterocycles. The lowest BCUT2D eigenvalue weighted by molar-refractivity contribution is 0.278. The molecule has 3 aromatic rings. The van der Waals surface area contributed by atoms with Gasteiger partial charge in [0.1, 0.15) is 17.2 Å². The van der Waals surface area contributed by atoms with Crippen LogP contribution in [0.1, 0.15) is 23.6 Å². The van der Waals surface area contributed by atoms with E-state index in [0.29, 0.717) is 36.6 Å². The average Bonchev–Trinajstić information content (AvgIpc) is 3.59. The minimum Gasteiger partial charge on any atom is -0.497 e. The Bertz CT molecular complexity index is 1080. The van der Waals surface area contributed by atoms with E-state index in [1.165, 1.54) is 4.68 Å². The van der Waals surface area contributed by atoms with Crippen molar-refractivity contribution in [2.45, 2.75) is 18.9 Å². The maximum absolute atomic E-state index is 12.4. The van der Waals surface area contributed by atoms with E-state index < -0.39 is 0 Å². The molecule has 1 aliphatic rings. The van der Waals surface area contributed by atoms with Crippen LogP contribution >= 0.6 is 0 Å². The molecule has 2 aromatic heterocycles. The molecular formula is C23H26N4O4. The Morgan fingerprint density at radius 2 is 1.84 bits per heavy atom. The molecule has 1 N–H and O–H groups in total. The number of nitrogens with one attached hydrogen (secondary N) is 1. The van der Waals surface area contributed by atoms with Crippen LogP contribution in [0.4, 0.5) is 5.69 Å². The third-order valence-corrected chi connectivity index (χ3v) is 5.43. The zero-order valence-electron chi connectivity index (χ0n) is 17.9. The summed E-state index contributed by atoms with van der Waals surface area (Å²) in [5, 5.41) is 7.41. The first-order valence-corrected chi connectivity index (χ1v) is 10.1. The van der Waals surface area contributed by atoms with E-state index in [1.54, 1.807) is 33.5 Å². The van der Waals surface area contributed by atoms with E-state index >= 15 is 0 Å². The normalized spacial score (nSPS) is 17.1. The van der Waals surface area contributed by atoms with Crippen molar-refractivity contribution < 1.29 is 14.2 Å². The molecule has 0 spiro atoms. The van der Waals surface area contributed by atoms with Gasteiger partial charge < -0.3 is 19.5 Å². The molecule has 162 valence electrons. The lowest BCUT2D eigenvalue weighted by atomic mass is 10.2. The first-order chi connectivity index (χ1) is 15.1.